The molecule has 0 aliphatic carbocycles. The van der Waals surface area contributed by atoms with Gasteiger partial charge in [0.1, 0.15) is 5.75 Å². The highest BCUT2D eigenvalue weighted by Gasteiger charge is 2.24. The van der Waals surface area contributed by atoms with Gasteiger partial charge < -0.3 is 15.0 Å². The second-order valence-electron chi connectivity index (χ2n) is 5.95. The third-order valence-electron chi connectivity index (χ3n) is 4.09. The van der Waals surface area contributed by atoms with Gasteiger partial charge >= 0.3 is 0 Å². The summed E-state index contributed by atoms with van der Waals surface area (Å²) >= 11 is 1.10. The van der Waals surface area contributed by atoms with Crippen molar-refractivity contribution in [2.45, 2.75) is 17.7 Å². The largest absolute Gasteiger partial charge is 0.494 e. The summed E-state index contributed by atoms with van der Waals surface area (Å²) in [4.78, 5) is 26.2. The molecule has 0 spiro atoms. The molecule has 2 amide bonds. The van der Waals surface area contributed by atoms with E-state index in [0.717, 1.165) is 30.3 Å². The van der Waals surface area contributed by atoms with E-state index in [1.165, 1.54) is 13.2 Å². The molecule has 1 saturated heterocycles. The molecule has 1 N–H and O–H groups in total. The number of anilines is 2. The summed E-state index contributed by atoms with van der Waals surface area (Å²) in [5.74, 6) is -1.58. The number of carbonyl (C=O) groups excluding carboxylic acids is 2. The Morgan fingerprint density at radius 3 is 2.70 bits per heavy atom. The van der Waals surface area contributed by atoms with Crippen LogP contribution in [0, 0.1) is 11.6 Å². The smallest absolute Gasteiger partial charge is 0.234 e. The van der Waals surface area contributed by atoms with Crippen molar-refractivity contribution in [1.82, 2.24) is 0 Å². The Bertz CT molecular complexity index is 876. The molecule has 0 radical (unpaired) electrons. The van der Waals surface area contributed by atoms with E-state index >= 15 is 0 Å². The van der Waals surface area contributed by atoms with Crippen LogP contribution in [0.4, 0.5) is 20.2 Å². The quantitative estimate of drug-likeness (QED) is 0.759. The first kappa shape index (κ1) is 19.2. The van der Waals surface area contributed by atoms with Crippen LogP contribution in [0.15, 0.2) is 41.3 Å². The zero-order chi connectivity index (χ0) is 19.4. The second-order valence-corrected chi connectivity index (χ2v) is 7.00. The SMILES string of the molecule is COc1cc(NC(=O)CSc2ccc(F)c(F)c2)ccc1N1CCCC1=O. The zero-order valence-electron chi connectivity index (χ0n) is 14.6. The number of nitrogens with one attached hydrogen (secondary N) is 1. The summed E-state index contributed by atoms with van der Waals surface area (Å²) in [5, 5.41) is 2.73. The molecular formula is C19H18F2N2O3S. The van der Waals surface area contributed by atoms with E-state index in [-0.39, 0.29) is 17.6 Å². The minimum absolute atomic E-state index is 0.0414. The van der Waals surface area contributed by atoms with Crippen molar-refractivity contribution in [3.05, 3.63) is 48.0 Å². The van der Waals surface area contributed by atoms with Crippen molar-refractivity contribution >= 4 is 35.0 Å². The van der Waals surface area contributed by atoms with Gasteiger partial charge in [0.05, 0.1) is 18.6 Å². The lowest BCUT2D eigenvalue weighted by atomic mass is 10.2. The number of benzene rings is 2. The normalized spacial score (nSPS) is 13.7. The lowest BCUT2D eigenvalue weighted by Crippen LogP contribution is -2.24. The Balaban J connectivity index is 1.63. The maximum Gasteiger partial charge on any atom is 0.234 e. The fraction of sp³-hybridized carbons (Fsp3) is 0.263. The van der Waals surface area contributed by atoms with Crippen LogP contribution in [0.5, 0.6) is 5.75 Å². The summed E-state index contributed by atoms with van der Waals surface area (Å²) in [6.07, 6.45) is 1.32. The molecule has 0 atom stereocenters. The molecular weight excluding hydrogens is 374 g/mol. The fourth-order valence-electron chi connectivity index (χ4n) is 2.79. The predicted octanol–water partition coefficient (Wildman–Crippen LogP) is 3.83. The minimum Gasteiger partial charge on any atom is -0.494 e. The van der Waals surface area contributed by atoms with Crippen molar-refractivity contribution in [2.75, 3.05) is 29.6 Å². The van der Waals surface area contributed by atoms with Crippen LogP contribution < -0.4 is 15.0 Å². The lowest BCUT2D eigenvalue weighted by Gasteiger charge is -2.19. The van der Waals surface area contributed by atoms with Gasteiger partial charge in [-0.1, -0.05) is 0 Å². The van der Waals surface area contributed by atoms with Crippen molar-refractivity contribution in [1.29, 1.82) is 0 Å². The first-order valence-corrected chi connectivity index (χ1v) is 9.32. The molecule has 3 rings (SSSR count). The predicted molar refractivity (Wildman–Crippen MR) is 100 cm³/mol. The average molecular weight is 392 g/mol. The molecule has 1 fully saturated rings. The molecule has 0 aromatic heterocycles. The third-order valence-corrected chi connectivity index (χ3v) is 5.08. The van der Waals surface area contributed by atoms with Crippen molar-refractivity contribution in [3.63, 3.8) is 0 Å². The molecule has 8 heteroatoms. The van der Waals surface area contributed by atoms with E-state index in [2.05, 4.69) is 5.32 Å². The molecule has 2 aromatic carbocycles. The Labute approximate surface area is 159 Å². The van der Waals surface area contributed by atoms with Crippen LogP contribution in [0.2, 0.25) is 0 Å². The fourth-order valence-corrected chi connectivity index (χ4v) is 3.51. The van der Waals surface area contributed by atoms with Crippen molar-refractivity contribution in [3.8, 4) is 5.75 Å². The summed E-state index contributed by atoms with van der Waals surface area (Å²) in [6.45, 7) is 0.645. The first-order valence-electron chi connectivity index (χ1n) is 8.34. The Morgan fingerprint density at radius 2 is 2.04 bits per heavy atom. The first-order chi connectivity index (χ1) is 13.0. The second kappa shape index (κ2) is 8.39. The van der Waals surface area contributed by atoms with E-state index in [4.69, 9.17) is 4.74 Å². The topological polar surface area (TPSA) is 58.6 Å². The van der Waals surface area contributed by atoms with E-state index < -0.39 is 11.6 Å². The number of rotatable bonds is 6. The van der Waals surface area contributed by atoms with Gasteiger partial charge in [-0.25, -0.2) is 8.78 Å². The summed E-state index contributed by atoms with van der Waals surface area (Å²) in [6, 6.07) is 8.59. The number of carbonyl (C=O) groups is 2. The average Bonchev–Trinajstić information content (AvgIpc) is 3.08. The number of nitrogens with zero attached hydrogens (tertiary/aromatic N) is 1. The van der Waals surface area contributed by atoms with Gasteiger partial charge in [0.2, 0.25) is 11.8 Å². The van der Waals surface area contributed by atoms with Gasteiger partial charge in [-0.2, -0.15) is 0 Å². The van der Waals surface area contributed by atoms with Crippen LogP contribution >= 0.6 is 11.8 Å². The molecule has 1 heterocycles. The van der Waals surface area contributed by atoms with Crippen LogP contribution in [0.3, 0.4) is 0 Å². The number of methoxy groups -OCH3 is 1. The summed E-state index contributed by atoms with van der Waals surface area (Å²) < 4.78 is 31.5. The maximum atomic E-state index is 13.2. The number of thioether (sulfide) groups is 1. The van der Waals surface area contributed by atoms with Gasteiger partial charge in [0.15, 0.2) is 11.6 Å². The summed E-state index contributed by atoms with van der Waals surface area (Å²) in [7, 11) is 1.50. The van der Waals surface area contributed by atoms with Crippen LogP contribution in [-0.4, -0.2) is 31.2 Å². The Morgan fingerprint density at radius 1 is 1.22 bits per heavy atom. The van der Waals surface area contributed by atoms with E-state index in [0.29, 0.717) is 35.0 Å². The van der Waals surface area contributed by atoms with Gasteiger partial charge in [0.25, 0.3) is 0 Å². The van der Waals surface area contributed by atoms with Gasteiger partial charge in [-0.3, -0.25) is 9.59 Å². The molecule has 0 saturated carbocycles. The number of hydrogen-bond donors (Lipinski definition) is 1. The number of halogens is 2. The van der Waals surface area contributed by atoms with Gasteiger partial charge in [-0.15, -0.1) is 11.8 Å². The lowest BCUT2D eigenvalue weighted by molar-refractivity contribution is -0.117. The number of amides is 2. The molecule has 0 bridgehead atoms. The van der Waals surface area contributed by atoms with E-state index in [1.807, 2.05) is 0 Å². The highest BCUT2D eigenvalue weighted by molar-refractivity contribution is 8.00. The highest BCUT2D eigenvalue weighted by atomic mass is 32.2. The number of hydrogen-bond acceptors (Lipinski definition) is 4. The molecule has 1 aliphatic heterocycles. The van der Waals surface area contributed by atoms with Crippen molar-refractivity contribution in [2.24, 2.45) is 0 Å². The van der Waals surface area contributed by atoms with Crippen molar-refractivity contribution < 1.29 is 23.1 Å². The van der Waals surface area contributed by atoms with E-state index in [9.17, 15) is 18.4 Å². The van der Waals surface area contributed by atoms with Crippen LogP contribution in [0.1, 0.15) is 12.8 Å². The molecule has 142 valence electrons. The molecule has 2 aromatic rings. The van der Waals surface area contributed by atoms with Crippen LogP contribution in [-0.2, 0) is 9.59 Å². The minimum atomic E-state index is -0.947. The molecule has 5 nitrogen and oxygen atoms in total. The highest BCUT2D eigenvalue weighted by Crippen LogP contribution is 2.34. The Hall–Kier alpha value is -2.61. The van der Waals surface area contributed by atoms with Gasteiger partial charge in [-0.05, 0) is 36.8 Å². The number of ether oxygens (including phenoxy) is 1. The Kier molecular flexibility index (Phi) is 5.95. The van der Waals surface area contributed by atoms with E-state index in [1.54, 1.807) is 23.1 Å². The maximum absolute atomic E-state index is 13.2. The molecule has 1 aliphatic rings. The monoisotopic (exact) mass is 392 g/mol. The standard InChI is InChI=1S/C19H18F2N2O3S/c1-26-17-9-12(4-7-16(17)23-8-2-3-19(23)25)22-18(24)11-27-13-5-6-14(20)15(21)10-13/h4-7,9-10H,2-3,8,11H2,1H3,(H,22,24). The van der Waals surface area contributed by atoms with Gasteiger partial charge in [0, 0.05) is 29.6 Å². The molecule has 0 unspecified atom stereocenters. The zero-order valence-corrected chi connectivity index (χ0v) is 15.4. The third kappa shape index (κ3) is 4.57. The van der Waals surface area contributed by atoms with Crippen LogP contribution in [0.25, 0.3) is 0 Å². The molecule has 27 heavy (non-hydrogen) atoms. The summed E-state index contributed by atoms with van der Waals surface area (Å²) in [5.41, 5.74) is 1.20.